The average Bonchev–Trinajstić information content (AvgIpc) is 3.24. The van der Waals surface area contributed by atoms with Gasteiger partial charge in [-0.25, -0.2) is 0 Å². The third-order valence-electron chi connectivity index (χ3n) is 8.05. The normalized spacial score (nSPS) is 10.5. The Kier molecular flexibility index (Phi) is 24.7. The van der Waals surface area contributed by atoms with Crippen molar-refractivity contribution in [1.82, 2.24) is 5.32 Å². The zero-order chi connectivity index (χ0) is 38.5. The third-order valence-corrected chi connectivity index (χ3v) is 13.7. The predicted molar refractivity (Wildman–Crippen MR) is 233 cm³/mol. The largest absolute Gasteiger partial charge is 0.310 e. The van der Waals surface area contributed by atoms with E-state index in [2.05, 4.69) is 143 Å². The van der Waals surface area contributed by atoms with Gasteiger partial charge in [-0.2, -0.15) is 0 Å². The molecule has 6 rings (SSSR count). The molecule has 0 spiro atoms. The first-order valence-corrected chi connectivity index (χ1v) is 23.1. The molecule has 0 saturated heterocycles. The molecular weight excluding hydrogens is 801 g/mol. The Bertz CT molecular complexity index is 1600. The number of benzene rings is 6. The van der Waals surface area contributed by atoms with E-state index in [1.807, 2.05) is 60.7 Å². The van der Waals surface area contributed by atoms with Crippen molar-refractivity contribution in [2.24, 2.45) is 0 Å². The molecule has 53 heavy (non-hydrogen) atoms. The predicted octanol–water partition coefficient (Wildman–Crippen LogP) is 8.33. The monoisotopic (exact) mass is 854 g/mol. The molecule has 0 aliphatic carbocycles. The molecule has 1 atom stereocenters. The first-order chi connectivity index (χ1) is 26.0. The molecule has 0 radical (unpaired) electrons. The molecule has 6 aromatic carbocycles. The van der Waals surface area contributed by atoms with Crippen LogP contribution in [0.25, 0.3) is 0 Å². The van der Waals surface area contributed by atoms with Crippen molar-refractivity contribution < 1.29 is 33.4 Å². The van der Waals surface area contributed by atoms with Crippen LogP contribution in [0.1, 0.15) is 37.3 Å². The van der Waals surface area contributed by atoms with Gasteiger partial charge in [0.15, 0.2) is 5.78 Å². The number of hydrogen-bond donors (Lipinski definition) is 2. The van der Waals surface area contributed by atoms with Gasteiger partial charge >= 0.3 is 27.0 Å². The minimum absolute atomic E-state index is 0. The van der Waals surface area contributed by atoms with Gasteiger partial charge in [0.1, 0.15) is 0 Å². The smallest absolute Gasteiger partial charge is 0.0967 e. The first kappa shape index (κ1) is 45.5. The summed E-state index contributed by atoms with van der Waals surface area (Å²) in [6.07, 6.45) is 2.07. The average molecular weight is 854 g/mol. The van der Waals surface area contributed by atoms with E-state index in [0.29, 0.717) is 0 Å². The van der Waals surface area contributed by atoms with Gasteiger partial charge in [-0.05, 0) is 67.9 Å². The van der Waals surface area contributed by atoms with Gasteiger partial charge in [-0.3, -0.25) is 11.6 Å². The van der Waals surface area contributed by atoms with E-state index < -0.39 is 15.8 Å². The summed E-state index contributed by atoms with van der Waals surface area (Å²) in [7, 11) is 3.09. The maximum atomic E-state index is 10.6. The summed E-state index contributed by atoms with van der Waals surface area (Å²) >= 11 is 1.62. The molecule has 4 nitrogen and oxygen atoms in total. The van der Waals surface area contributed by atoms with E-state index in [4.69, 9.17) is 9.90 Å². The van der Waals surface area contributed by atoms with Crippen LogP contribution in [0.2, 0.25) is 0 Å². The van der Waals surface area contributed by atoms with Crippen LogP contribution in [0, 0.1) is 0 Å². The number of aliphatic hydroxyl groups excluding tert-OH is 1. The van der Waals surface area contributed by atoms with Crippen LogP contribution in [0.15, 0.2) is 182 Å². The van der Waals surface area contributed by atoms with E-state index >= 15 is 0 Å². The van der Waals surface area contributed by atoms with Gasteiger partial charge in [0.2, 0.25) is 0 Å². The number of carbonyl (C=O) groups is 1. The maximum Gasteiger partial charge on any atom is 0.0967 e. The molecule has 278 valence electrons. The van der Waals surface area contributed by atoms with Gasteiger partial charge in [-0.15, -0.1) is 0 Å². The quantitative estimate of drug-likeness (QED) is 0.0325. The van der Waals surface area contributed by atoms with Crippen molar-refractivity contribution >= 4 is 59.3 Å². The van der Waals surface area contributed by atoms with E-state index in [0.717, 1.165) is 24.2 Å². The Morgan fingerprint density at radius 3 is 1.08 bits per heavy atom. The molecule has 0 amide bonds. The maximum absolute atomic E-state index is 10.6. The second-order valence-corrected chi connectivity index (χ2v) is 16.9. The second kappa shape index (κ2) is 28.8. The summed E-state index contributed by atoms with van der Waals surface area (Å²) < 4.78 is 0. The zero-order valence-corrected chi connectivity index (χ0v) is 34.9. The van der Waals surface area contributed by atoms with Crippen LogP contribution in [-0.4, -0.2) is 43.1 Å². The van der Waals surface area contributed by atoms with Gasteiger partial charge in [-0.1, -0.05) is 133 Å². The van der Waals surface area contributed by atoms with E-state index in [-0.39, 0.29) is 13.3 Å². The van der Waals surface area contributed by atoms with Crippen LogP contribution in [0.3, 0.4) is 0 Å². The van der Waals surface area contributed by atoms with Gasteiger partial charge in [0.25, 0.3) is 0 Å². The van der Waals surface area contributed by atoms with Crippen LogP contribution in [0.4, 0.5) is 0 Å². The number of aliphatic hydroxyl groups is 1. The summed E-state index contributed by atoms with van der Waals surface area (Å²) in [4.78, 5) is 18.4. The van der Waals surface area contributed by atoms with Gasteiger partial charge in [0, 0.05) is 20.1 Å². The minimum Gasteiger partial charge on any atom is -0.310 e. The molecule has 0 aliphatic rings. The number of nitrogens with one attached hydrogen (secondary N) is 1. The SMILES string of the molecule is CC(=O)c1ccccc1.CC(O)c1ccccc1.[CH-]=O.[Cl][RuH+2].[HH].c1ccc([PH+](CCNCC[PH+](c2ccccc2)c2ccccc2)c2ccccc2)cc1. The Hall–Kier alpha value is -3.65. The number of hydrogen-bond acceptors (Lipinski definition) is 4. The van der Waals surface area contributed by atoms with Crippen LogP contribution in [0.5, 0.6) is 0 Å². The summed E-state index contributed by atoms with van der Waals surface area (Å²) in [6.45, 7) is 8.71. The Balaban J connectivity index is 0.000000518. The molecule has 0 aromatic heterocycles. The number of ketones is 1. The van der Waals surface area contributed by atoms with Crippen molar-refractivity contribution in [2.45, 2.75) is 20.0 Å². The van der Waals surface area contributed by atoms with Crippen LogP contribution >= 0.6 is 25.5 Å². The van der Waals surface area contributed by atoms with Gasteiger partial charge in [0.05, 0.1) is 55.5 Å². The molecule has 0 fully saturated rings. The van der Waals surface area contributed by atoms with Crippen LogP contribution in [-0.2, 0) is 22.1 Å². The fourth-order valence-electron chi connectivity index (χ4n) is 5.42. The van der Waals surface area contributed by atoms with Crippen molar-refractivity contribution in [3.63, 3.8) is 0 Å². The Morgan fingerprint density at radius 2 is 0.849 bits per heavy atom. The first-order valence-electron chi connectivity index (χ1n) is 17.3. The Labute approximate surface area is 334 Å². The summed E-state index contributed by atoms with van der Waals surface area (Å²) in [5, 5.41) is 18.8. The molecule has 6 aromatic rings. The molecule has 0 saturated carbocycles. The molecule has 2 N–H and O–H groups in total. The standard InChI is InChI=1S/C28H29NP2.C8H10O.C8H8O.CHO.ClH.Ru.H2.H/c1-5-13-25(14-6-1)30(26-15-7-2-8-16-26)23-21-29-22-24-31(27-17-9-3-10-18-27)28-19-11-4-12-20-28;2*1-7(9)8-5-3-2-4-6-8;1-2;;;;/h1-20,29H,21-24H2;2-7,9H,1H3;2-6H,1H3;1H;1H;;1H;/q;;;-1;;+3;;/p+1. The summed E-state index contributed by atoms with van der Waals surface area (Å²) in [6, 6.07) is 63.0. The fourth-order valence-corrected chi connectivity index (χ4v) is 10.5. The van der Waals surface area contributed by atoms with Crippen LogP contribution < -0.4 is 26.5 Å². The molecule has 0 bridgehead atoms. The van der Waals surface area contributed by atoms with E-state index in [1.54, 1.807) is 31.2 Å². The number of halogens is 1. The Morgan fingerprint density at radius 1 is 0.585 bits per heavy atom. The fraction of sp³-hybridized carbons (Fsp3) is 0.156. The molecular formula is C45H53ClNO3P2Ru+3. The molecule has 8 heteroatoms. The molecule has 1 unspecified atom stereocenters. The van der Waals surface area contributed by atoms with E-state index in [1.165, 1.54) is 33.5 Å². The second-order valence-electron chi connectivity index (χ2n) is 11.7. The summed E-state index contributed by atoms with van der Waals surface area (Å²) in [5.41, 5.74) is 1.75. The molecule has 0 aliphatic heterocycles. The number of Topliss-reactive ketones (excluding diaryl/α,β-unsaturated/α-hetero) is 1. The van der Waals surface area contributed by atoms with Crippen molar-refractivity contribution in [3.05, 3.63) is 193 Å². The van der Waals surface area contributed by atoms with Crippen molar-refractivity contribution in [2.75, 3.05) is 25.4 Å². The number of rotatable bonds is 12. The van der Waals surface area contributed by atoms with Gasteiger partial charge < -0.3 is 15.2 Å². The minimum atomic E-state index is -0.758. The topological polar surface area (TPSA) is 66.4 Å². The zero-order valence-electron chi connectivity index (χ0n) is 30.3. The van der Waals surface area contributed by atoms with Crippen molar-refractivity contribution in [3.8, 4) is 0 Å². The number of carbonyl (C=O) groups excluding carboxylic acids is 2. The van der Waals surface area contributed by atoms with Crippen molar-refractivity contribution in [1.29, 1.82) is 0 Å². The van der Waals surface area contributed by atoms with E-state index in [9.17, 15) is 4.79 Å². The molecule has 0 heterocycles. The summed E-state index contributed by atoms with van der Waals surface area (Å²) in [5.74, 6) is 0.121. The third kappa shape index (κ3) is 17.8.